The molecule has 1 fully saturated rings. The summed E-state index contributed by atoms with van der Waals surface area (Å²) in [4.78, 5) is 13.6. The minimum absolute atomic E-state index is 0.125. The van der Waals surface area contributed by atoms with Crippen LogP contribution in [-0.2, 0) is 0 Å². The van der Waals surface area contributed by atoms with Gasteiger partial charge in [-0.15, -0.1) is 5.92 Å². The van der Waals surface area contributed by atoms with E-state index in [0.717, 1.165) is 37.9 Å². The highest BCUT2D eigenvalue weighted by atomic mass is 16.1. The normalized spacial score (nSPS) is 13.6. The summed E-state index contributed by atoms with van der Waals surface area (Å²) in [5.41, 5.74) is 2.00. The molecule has 0 bridgehead atoms. The Morgan fingerprint density at radius 1 is 1.09 bits per heavy atom. The topological polar surface area (TPSA) is 20.3 Å². The molecule has 0 amide bonds. The summed E-state index contributed by atoms with van der Waals surface area (Å²) < 4.78 is 0. The highest BCUT2D eigenvalue weighted by Gasteiger charge is 2.17. The minimum Gasteiger partial charge on any atom is -0.371 e. The third-order valence-corrected chi connectivity index (χ3v) is 3.62. The minimum atomic E-state index is 0.125. The van der Waals surface area contributed by atoms with Gasteiger partial charge in [-0.3, -0.25) is 4.79 Å². The Hall–Kier alpha value is -1.75. The Morgan fingerprint density at radius 3 is 2.04 bits per heavy atom. The van der Waals surface area contributed by atoms with Crippen LogP contribution in [0.1, 0.15) is 71.2 Å². The van der Waals surface area contributed by atoms with E-state index in [-0.39, 0.29) is 5.78 Å². The first-order chi connectivity index (χ1) is 11.2. The van der Waals surface area contributed by atoms with Crippen LogP contribution in [0.3, 0.4) is 0 Å². The van der Waals surface area contributed by atoms with Gasteiger partial charge in [-0.1, -0.05) is 40.5 Å². The van der Waals surface area contributed by atoms with Crippen LogP contribution in [0.15, 0.2) is 24.3 Å². The van der Waals surface area contributed by atoms with Crippen LogP contribution in [0.25, 0.3) is 0 Å². The molecule has 23 heavy (non-hydrogen) atoms. The molecule has 0 aliphatic carbocycles. The lowest BCUT2D eigenvalue weighted by Gasteiger charge is -2.31. The molecule has 0 saturated carbocycles. The number of carbonyl (C=O) groups is 1. The van der Waals surface area contributed by atoms with Crippen molar-refractivity contribution < 1.29 is 4.79 Å². The molecular formula is C21H33NO. The highest BCUT2D eigenvalue weighted by molar-refractivity contribution is 5.94. The molecule has 2 nitrogen and oxygen atoms in total. The van der Waals surface area contributed by atoms with Gasteiger partial charge in [0.2, 0.25) is 0 Å². The largest absolute Gasteiger partial charge is 0.371 e. The molecule has 2 heteroatoms. The van der Waals surface area contributed by atoms with Gasteiger partial charge in [-0.05, 0) is 44.0 Å². The van der Waals surface area contributed by atoms with Crippen molar-refractivity contribution in [2.45, 2.75) is 60.8 Å². The number of benzene rings is 1. The molecule has 0 aromatic heterocycles. The van der Waals surface area contributed by atoms with Gasteiger partial charge < -0.3 is 4.90 Å². The smallest absolute Gasteiger partial charge is 0.159 e. The van der Waals surface area contributed by atoms with Crippen LogP contribution in [0.4, 0.5) is 5.69 Å². The molecule has 0 N–H and O–H groups in total. The first-order valence-electron chi connectivity index (χ1n) is 9.05. The molecule has 1 aromatic rings. The molecule has 1 aliphatic heterocycles. The van der Waals surface area contributed by atoms with Crippen molar-refractivity contribution in [3.05, 3.63) is 29.8 Å². The molecule has 1 aromatic carbocycles. The van der Waals surface area contributed by atoms with Gasteiger partial charge in [-0.25, -0.2) is 0 Å². The predicted octanol–water partition coefficient (Wildman–Crippen LogP) is 5.57. The number of carbonyl (C=O) groups excluding carboxylic acids is 1. The van der Waals surface area contributed by atoms with Crippen molar-refractivity contribution in [3.8, 4) is 11.8 Å². The summed E-state index contributed by atoms with van der Waals surface area (Å²) in [5.74, 6) is 7.22. The third-order valence-electron chi connectivity index (χ3n) is 3.62. The van der Waals surface area contributed by atoms with Crippen LogP contribution in [0.5, 0.6) is 0 Å². The zero-order valence-corrected chi connectivity index (χ0v) is 15.8. The first kappa shape index (κ1) is 21.2. The van der Waals surface area contributed by atoms with E-state index in [0.29, 0.717) is 5.92 Å². The van der Waals surface area contributed by atoms with Crippen molar-refractivity contribution in [2.24, 2.45) is 5.92 Å². The van der Waals surface area contributed by atoms with Gasteiger partial charge in [0, 0.05) is 36.7 Å². The second kappa shape index (κ2) is 12.8. The maximum atomic E-state index is 11.2. The van der Waals surface area contributed by atoms with Gasteiger partial charge in [0.05, 0.1) is 0 Å². The summed E-state index contributed by atoms with van der Waals surface area (Å²) in [6.45, 7) is 13.8. The van der Waals surface area contributed by atoms with E-state index in [2.05, 4.69) is 35.8 Å². The number of piperidine rings is 1. The van der Waals surface area contributed by atoms with E-state index in [1.165, 1.54) is 5.69 Å². The van der Waals surface area contributed by atoms with E-state index in [1.54, 1.807) is 6.92 Å². The average Bonchev–Trinajstić information content (AvgIpc) is 2.64. The predicted molar refractivity (Wildman–Crippen MR) is 102 cm³/mol. The Kier molecular flexibility index (Phi) is 11.8. The lowest BCUT2D eigenvalue weighted by Crippen LogP contribution is -2.33. The SMILES string of the molecule is CC.CC.CCC#CC1CCN(c2ccc(C(C)=O)cc2)CC1. The fraction of sp³-hybridized carbons (Fsp3) is 0.571. The summed E-state index contributed by atoms with van der Waals surface area (Å²) >= 11 is 0. The molecule has 0 spiro atoms. The number of anilines is 1. The standard InChI is InChI=1S/C17H21NO.2C2H6/c1-3-4-5-15-10-12-18(13-11-15)17-8-6-16(7-9-17)14(2)19;2*1-2/h6-9,15H,3,10-13H2,1-2H3;2*1-2H3. The average molecular weight is 316 g/mol. The quantitative estimate of drug-likeness (QED) is 0.525. The van der Waals surface area contributed by atoms with Crippen molar-refractivity contribution in [3.63, 3.8) is 0 Å². The molecule has 0 unspecified atom stereocenters. The Balaban J connectivity index is 0.00000112. The van der Waals surface area contributed by atoms with E-state index in [1.807, 2.05) is 39.8 Å². The second-order valence-electron chi connectivity index (χ2n) is 5.04. The van der Waals surface area contributed by atoms with E-state index in [4.69, 9.17) is 0 Å². The third kappa shape index (κ3) is 7.37. The number of hydrogen-bond donors (Lipinski definition) is 0. The second-order valence-corrected chi connectivity index (χ2v) is 5.04. The van der Waals surface area contributed by atoms with Gasteiger partial charge in [0.25, 0.3) is 0 Å². The van der Waals surface area contributed by atoms with Crippen molar-refractivity contribution >= 4 is 11.5 Å². The highest BCUT2D eigenvalue weighted by Crippen LogP contribution is 2.23. The fourth-order valence-corrected chi connectivity index (χ4v) is 2.44. The van der Waals surface area contributed by atoms with Gasteiger partial charge in [0.1, 0.15) is 0 Å². The van der Waals surface area contributed by atoms with Gasteiger partial charge in [0.15, 0.2) is 5.78 Å². The number of ketones is 1. The van der Waals surface area contributed by atoms with Crippen LogP contribution < -0.4 is 4.90 Å². The van der Waals surface area contributed by atoms with E-state index in [9.17, 15) is 4.79 Å². The van der Waals surface area contributed by atoms with Crippen molar-refractivity contribution in [1.82, 2.24) is 0 Å². The van der Waals surface area contributed by atoms with Crippen LogP contribution >= 0.6 is 0 Å². The van der Waals surface area contributed by atoms with Crippen LogP contribution in [-0.4, -0.2) is 18.9 Å². The number of nitrogens with zero attached hydrogens (tertiary/aromatic N) is 1. The summed E-state index contributed by atoms with van der Waals surface area (Å²) in [6.07, 6.45) is 3.23. The lowest BCUT2D eigenvalue weighted by atomic mass is 9.97. The number of hydrogen-bond acceptors (Lipinski definition) is 2. The maximum Gasteiger partial charge on any atom is 0.159 e. The molecule has 0 radical (unpaired) electrons. The van der Waals surface area contributed by atoms with Crippen LogP contribution in [0.2, 0.25) is 0 Å². The number of Topliss-reactive ketones (excluding diaryl/α,β-unsaturated/α-hetero) is 1. The molecule has 1 aliphatic rings. The number of rotatable bonds is 2. The summed E-state index contributed by atoms with van der Waals surface area (Å²) in [6, 6.07) is 7.94. The first-order valence-corrected chi connectivity index (χ1v) is 9.05. The van der Waals surface area contributed by atoms with E-state index >= 15 is 0 Å². The van der Waals surface area contributed by atoms with Crippen molar-refractivity contribution in [2.75, 3.05) is 18.0 Å². The molecule has 128 valence electrons. The zero-order valence-electron chi connectivity index (χ0n) is 15.8. The van der Waals surface area contributed by atoms with Gasteiger partial charge >= 0.3 is 0 Å². The molecule has 1 saturated heterocycles. The zero-order chi connectivity index (χ0) is 17.7. The monoisotopic (exact) mass is 315 g/mol. The molecule has 0 atom stereocenters. The van der Waals surface area contributed by atoms with Crippen LogP contribution in [0, 0.1) is 17.8 Å². The molecule has 2 rings (SSSR count). The Bertz CT molecular complexity index is 485. The molecule has 1 heterocycles. The fourth-order valence-electron chi connectivity index (χ4n) is 2.44. The Labute approximate surface area is 143 Å². The summed E-state index contributed by atoms with van der Waals surface area (Å²) in [7, 11) is 0. The summed E-state index contributed by atoms with van der Waals surface area (Å²) in [5, 5.41) is 0. The van der Waals surface area contributed by atoms with Gasteiger partial charge in [-0.2, -0.15) is 0 Å². The lowest BCUT2D eigenvalue weighted by molar-refractivity contribution is 0.101. The molecular weight excluding hydrogens is 282 g/mol. The van der Waals surface area contributed by atoms with Crippen molar-refractivity contribution in [1.29, 1.82) is 0 Å². The van der Waals surface area contributed by atoms with E-state index < -0.39 is 0 Å². The Morgan fingerprint density at radius 2 is 1.61 bits per heavy atom. The maximum absolute atomic E-state index is 11.2.